The first-order valence-electron chi connectivity index (χ1n) is 4.78. The van der Waals surface area contributed by atoms with Gasteiger partial charge in [0.2, 0.25) is 0 Å². The Hall–Kier alpha value is -1.18. The van der Waals surface area contributed by atoms with Crippen LogP contribution in [0.1, 0.15) is 0 Å². The van der Waals surface area contributed by atoms with Crippen LogP contribution in [0.3, 0.4) is 0 Å². The van der Waals surface area contributed by atoms with Crippen LogP contribution in [0.25, 0.3) is 0 Å². The van der Waals surface area contributed by atoms with Crippen molar-refractivity contribution >= 4 is 20.0 Å². The van der Waals surface area contributed by atoms with Crippen molar-refractivity contribution in [1.29, 1.82) is 0 Å². The van der Waals surface area contributed by atoms with Gasteiger partial charge in [-0.2, -0.15) is 8.42 Å². The summed E-state index contributed by atoms with van der Waals surface area (Å²) in [5, 5.41) is 0.970. The standard InChI is InChI=1S/C10H10O5S2/c11-16(12)7-6-9(8-16)15-17(13,14)10-4-2-1-3-5-10/h1-7,9H,8H2/t9-/m0/s1. The van der Waals surface area contributed by atoms with E-state index in [0.29, 0.717) is 0 Å². The molecular weight excluding hydrogens is 264 g/mol. The maximum absolute atomic E-state index is 11.7. The van der Waals surface area contributed by atoms with Crippen LogP contribution < -0.4 is 0 Å². The average molecular weight is 274 g/mol. The summed E-state index contributed by atoms with van der Waals surface area (Å²) in [6.45, 7) is 0. The van der Waals surface area contributed by atoms with Gasteiger partial charge in [0.1, 0.15) is 6.10 Å². The second kappa shape index (κ2) is 4.25. The molecule has 0 N–H and O–H groups in total. The molecule has 0 saturated heterocycles. The maximum Gasteiger partial charge on any atom is 0.297 e. The Bertz CT molecular complexity index is 629. The lowest BCUT2D eigenvalue weighted by atomic mass is 10.4. The van der Waals surface area contributed by atoms with Crippen LogP contribution in [-0.2, 0) is 24.1 Å². The Morgan fingerprint density at radius 3 is 2.35 bits per heavy atom. The summed E-state index contributed by atoms with van der Waals surface area (Å²) in [7, 11) is -7.23. The minimum Gasteiger partial charge on any atom is -0.258 e. The smallest absolute Gasteiger partial charge is 0.258 e. The van der Waals surface area contributed by atoms with Crippen molar-refractivity contribution in [3.8, 4) is 0 Å². The Morgan fingerprint density at radius 2 is 1.82 bits per heavy atom. The highest BCUT2D eigenvalue weighted by Crippen LogP contribution is 2.18. The molecule has 1 heterocycles. The molecule has 0 aromatic heterocycles. The quantitative estimate of drug-likeness (QED) is 0.758. The van der Waals surface area contributed by atoms with E-state index in [4.69, 9.17) is 4.18 Å². The Morgan fingerprint density at radius 1 is 1.18 bits per heavy atom. The van der Waals surface area contributed by atoms with Crippen LogP contribution >= 0.6 is 0 Å². The van der Waals surface area contributed by atoms with Crippen LogP contribution in [0.15, 0.2) is 46.7 Å². The summed E-state index contributed by atoms with van der Waals surface area (Å²) < 4.78 is 50.5. The Kier molecular flexibility index (Phi) is 3.07. The van der Waals surface area contributed by atoms with Crippen molar-refractivity contribution in [3.05, 3.63) is 41.8 Å². The first kappa shape index (κ1) is 12.3. The van der Waals surface area contributed by atoms with E-state index in [0.717, 1.165) is 5.41 Å². The first-order chi connectivity index (χ1) is 7.89. The van der Waals surface area contributed by atoms with Gasteiger partial charge in [0, 0.05) is 5.41 Å². The molecule has 1 aliphatic rings. The molecular formula is C10H10O5S2. The minimum atomic E-state index is -3.91. The number of hydrogen-bond donors (Lipinski definition) is 0. The van der Waals surface area contributed by atoms with E-state index in [1.165, 1.54) is 18.2 Å². The van der Waals surface area contributed by atoms with Gasteiger partial charge in [-0.3, -0.25) is 4.18 Å². The van der Waals surface area contributed by atoms with E-state index < -0.39 is 26.1 Å². The number of benzene rings is 1. The van der Waals surface area contributed by atoms with Crippen molar-refractivity contribution in [3.63, 3.8) is 0 Å². The van der Waals surface area contributed by atoms with Gasteiger partial charge in [0.15, 0.2) is 9.84 Å². The SMILES string of the molecule is O=S1(=O)C=C[C@H](OS(=O)(=O)c2ccccc2)C1. The Labute approximate surface area is 99.8 Å². The van der Waals surface area contributed by atoms with Crippen molar-refractivity contribution in [2.24, 2.45) is 0 Å². The summed E-state index contributed by atoms with van der Waals surface area (Å²) >= 11 is 0. The molecule has 0 saturated carbocycles. The molecule has 1 aromatic carbocycles. The first-order valence-corrected chi connectivity index (χ1v) is 7.91. The fourth-order valence-electron chi connectivity index (χ4n) is 1.41. The average Bonchev–Trinajstić information content (AvgIpc) is 2.58. The molecule has 2 rings (SSSR count). The second-order valence-electron chi connectivity index (χ2n) is 3.56. The van der Waals surface area contributed by atoms with Gasteiger partial charge in [-0.25, -0.2) is 8.42 Å². The number of hydrogen-bond acceptors (Lipinski definition) is 5. The van der Waals surface area contributed by atoms with Crippen LogP contribution in [-0.4, -0.2) is 28.7 Å². The van der Waals surface area contributed by atoms with Gasteiger partial charge < -0.3 is 0 Å². The highest BCUT2D eigenvalue weighted by Gasteiger charge is 2.28. The van der Waals surface area contributed by atoms with Gasteiger partial charge in [-0.05, 0) is 18.2 Å². The lowest BCUT2D eigenvalue weighted by Gasteiger charge is -2.09. The third-order valence-corrected chi connectivity index (χ3v) is 4.89. The van der Waals surface area contributed by atoms with Crippen molar-refractivity contribution in [2.45, 2.75) is 11.0 Å². The van der Waals surface area contributed by atoms with Gasteiger partial charge in [-0.15, -0.1) is 0 Å². The molecule has 0 spiro atoms. The molecule has 1 aromatic rings. The zero-order valence-corrected chi connectivity index (χ0v) is 10.3. The Balaban J connectivity index is 2.18. The van der Waals surface area contributed by atoms with Crippen molar-refractivity contribution in [1.82, 2.24) is 0 Å². The van der Waals surface area contributed by atoms with Crippen LogP contribution in [0, 0.1) is 0 Å². The molecule has 0 bridgehead atoms. The van der Waals surface area contributed by atoms with E-state index in [1.54, 1.807) is 18.2 Å². The van der Waals surface area contributed by atoms with Crippen LogP contribution in [0.2, 0.25) is 0 Å². The third kappa shape index (κ3) is 2.93. The van der Waals surface area contributed by atoms with Crippen molar-refractivity contribution < 1.29 is 21.0 Å². The summed E-state index contributed by atoms with van der Waals surface area (Å²) in [6.07, 6.45) is 0.292. The fourth-order valence-corrected chi connectivity index (χ4v) is 3.72. The molecule has 7 heteroatoms. The van der Waals surface area contributed by atoms with Gasteiger partial charge in [-0.1, -0.05) is 18.2 Å². The number of sulfone groups is 1. The third-order valence-electron chi connectivity index (χ3n) is 2.18. The predicted molar refractivity (Wildman–Crippen MR) is 61.4 cm³/mol. The van der Waals surface area contributed by atoms with E-state index in [1.807, 2.05) is 0 Å². The van der Waals surface area contributed by atoms with Crippen molar-refractivity contribution in [2.75, 3.05) is 5.75 Å². The van der Waals surface area contributed by atoms with E-state index in [-0.39, 0.29) is 10.6 Å². The molecule has 92 valence electrons. The molecule has 1 aliphatic heterocycles. The largest absolute Gasteiger partial charge is 0.297 e. The summed E-state index contributed by atoms with van der Waals surface area (Å²) in [4.78, 5) is 0.0118. The number of rotatable bonds is 3. The van der Waals surface area contributed by atoms with Crippen LogP contribution in [0.4, 0.5) is 0 Å². The predicted octanol–water partition coefficient (Wildman–Crippen LogP) is 0.703. The van der Waals surface area contributed by atoms with Gasteiger partial charge in [0.05, 0.1) is 10.6 Å². The highest BCUT2D eigenvalue weighted by atomic mass is 32.2. The topological polar surface area (TPSA) is 77.5 Å². The van der Waals surface area contributed by atoms with Gasteiger partial charge in [0.25, 0.3) is 10.1 Å². The van der Waals surface area contributed by atoms with Crippen LogP contribution in [0.5, 0.6) is 0 Å². The lowest BCUT2D eigenvalue weighted by Crippen LogP contribution is -2.20. The molecule has 5 nitrogen and oxygen atoms in total. The molecule has 17 heavy (non-hydrogen) atoms. The molecule has 0 aliphatic carbocycles. The van der Waals surface area contributed by atoms with E-state index in [2.05, 4.69) is 0 Å². The minimum absolute atomic E-state index is 0.0118. The summed E-state index contributed by atoms with van der Waals surface area (Å²) in [6, 6.07) is 7.60. The molecule has 0 amide bonds. The molecule has 0 radical (unpaired) electrons. The monoisotopic (exact) mass is 274 g/mol. The molecule has 1 atom stereocenters. The highest BCUT2D eigenvalue weighted by molar-refractivity contribution is 7.94. The summed E-state index contributed by atoms with van der Waals surface area (Å²) in [5.74, 6) is -0.334. The lowest BCUT2D eigenvalue weighted by molar-refractivity contribution is 0.279. The normalized spacial score (nSPS) is 22.7. The maximum atomic E-state index is 11.7. The molecule has 0 unspecified atom stereocenters. The zero-order valence-electron chi connectivity index (χ0n) is 8.68. The summed E-state index contributed by atoms with van der Waals surface area (Å²) in [5.41, 5.74) is 0. The van der Waals surface area contributed by atoms with E-state index >= 15 is 0 Å². The zero-order chi connectivity index (χ0) is 12.5. The fraction of sp³-hybridized carbons (Fsp3) is 0.200. The molecule has 0 fully saturated rings. The second-order valence-corrected chi connectivity index (χ2v) is 7.06. The van der Waals surface area contributed by atoms with Gasteiger partial charge >= 0.3 is 0 Å². The van der Waals surface area contributed by atoms with E-state index in [9.17, 15) is 16.8 Å².